The number of carbonyl (C=O) groups excluding carboxylic acids is 1. The monoisotopic (exact) mass is 297 g/mol. The van der Waals surface area contributed by atoms with E-state index < -0.39 is 23.0 Å². The van der Waals surface area contributed by atoms with Gasteiger partial charge in [-0.1, -0.05) is 12.1 Å². The number of nitrogens with one attached hydrogen (secondary N) is 2. The predicted octanol–water partition coefficient (Wildman–Crippen LogP) is 0.230. The molecule has 9 heteroatoms. The van der Waals surface area contributed by atoms with Crippen LogP contribution < -0.4 is 10.6 Å². The van der Waals surface area contributed by atoms with E-state index in [4.69, 9.17) is 10.2 Å². The fourth-order valence-corrected chi connectivity index (χ4v) is 1.51. The van der Waals surface area contributed by atoms with Gasteiger partial charge in [-0.15, -0.1) is 0 Å². The van der Waals surface area contributed by atoms with E-state index in [2.05, 4.69) is 10.6 Å². The summed E-state index contributed by atoms with van der Waals surface area (Å²) >= 11 is 0. The normalized spacial score (nSPS) is 11.5. The zero-order valence-corrected chi connectivity index (χ0v) is 11.0. The zero-order valence-electron chi connectivity index (χ0n) is 11.0. The number of aliphatic hydroxyl groups is 1. The van der Waals surface area contributed by atoms with Crippen LogP contribution in [0.1, 0.15) is 12.0 Å². The van der Waals surface area contributed by atoms with Crippen molar-refractivity contribution in [2.75, 3.05) is 6.61 Å². The number of carboxylic acid groups (broad SMARTS) is 1. The third-order valence-electron chi connectivity index (χ3n) is 2.62. The highest BCUT2D eigenvalue weighted by molar-refractivity contribution is 5.82. The molecule has 0 aromatic heterocycles. The summed E-state index contributed by atoms with van der Waals surface area (Å²) in [4.78, 5) is 32.2. The highest BCUT2D eigenvalue weighted by atomic mass is 16.6. The Labute approximate surface area is 119 Å². The lowest BCUT2D eigenvalue weighted by Gasteiger charge is -2.14. The summed E-state index contributed by atoms with van der Waals surface area (Å²) in [6.07, 6.45) is -0.0969. The number of nitrogens with zero attached hydrogens (tertiary/aromatic N) is 1. The molecule has 1 aromatic rings. The number of urea groups is 1. The van der Waals surface area contributed by atoms with Crippen molar-refractivity contribution < 1.29 is 24.7 Å². The first-order chi connectivity index (χ1) is 9.93. The SMILES string of the molecule is O=C(NCc1ccc([N+](=O)[O-])cc1)NC(CCO)C(=O)O. The Kier molecular flexibility index (Phi) is 6.08. The van der Waals surface area contributed by atoms with Crippen LogP contribution in [0, 0.1) is 10.1 Å². The largest absolute Gasteiger partial charge is 0.480 e. The number of non-ortho nitro benzene ring substituents is 1. The van der Waals surface area contributed by atoms with Crippen LogP contribution in [0.5, 0.6) is 0 Å². The molecule has 114 valence electrons. The van der Waals surface area contributed by atoms with E-state index in [1.54, 1.807) is 0 Å². The van der Waals surface area contributed by atoms with E-state index in [1.165, 1.54) is 24.3 Å². The standard InChI is InChI=1S/C12H15N3O6/c16-6-5-10(11(17)18)14-12(19)13-7-8-1-3-9(4-2-8)15(20)21/h1-4,10,16H,5-7H2,(H,17,18)(H2,13,14,19). The molecule has 21 heavy (non-hydrogen) atoms. The number of nitro benzene ring substituents is 1. The Bertz CT molecular complexity index is 516. The van der Waals surface area contributed by atoms with Gasteiger partial charge >= 0.3 is 12.0 Å². The number of hydrogen-bond acceptors (Lipinski definition) is 5. The average Bonchev–Trinajstić information content (AvgIpc) is 2.45. The molecule has 1 atom stereocenters. The molecule has 9 nitrogen and oxygen atoms in total. The lowest BCUT2D eigenvalue weighted by molar-refractivity contribution is -0.384. The Morgan fingerprint density at radius 1 is 1.29 bits per heavy atom. The van der Waals surface area contributed by atoms with Crippen molar-refractivity contribution in [1.82, 2.24) is 10.6 Å². The summed E-state index contributed by atoms with van der Waals surface area (Å²) in [5.74, 6) is -1.24. The molecule has 0 aliphatic heterocycles. The first-order valence-electron chi connectivity index (χ1n) is 6.05. The van der Waals surface area contributed by atoms with Crippen molar-refractivity contribution in [3.8, 4) is 0 Å². The van der Waals surface area contributed by atoms with Crippen LogP contribution in [0.3, 0.4) is 0 Å². The second kappa shape index (κ2) is 7.80. The summed E-state index contributed by atoms with van der Waals surface area (Å²) in [6.45, 7) is -0.269. The molecule has 0 saturated carbocycles. The summed E-state index contributed by atoms with van der Waals surface area (Å²) in [6, 6.07) is 3.71. The highest BCUT2D eigenvalue weighted by Gasteiger charge is 2.18. The Balaban J connectivity index is 2.48. The number of aliphatic carboxylic acids is 1. The third-order valence-corrected chi connectivity index (χ3v) is 2.62. The van der Waals surface area contributed by atoms with Crippen LogP contribution in [0.25, 0.3) is 0 Å². The van der Waals surface area contributed by atoms with Gasteiger partial charge in [0.05, 0.1) is 4.92 Å². The first kappa shape index (κ1) is 16.4. The highest BCUT2D eigenvalue weighted by Crippen LogP contribution is 2.11. The van der Waals surface area contributed by atoms with Crippen molar-refractivity contribution in [3.63, 3.8) is 0 Å². The molecule has 1 unspecified atom stereocenters. The Hall–Kier alpha value is -2.68. The smallest absolute Gasteiger partial charge is 0.326 e. The molecule has 4 N–H and O–H groups in total. The fraction of sp³-hybridized carbons (Fsp3) is 0.333. The minimum atomic E-state index is -1.24. The van der Waals surface area contributed by atoms with E-state index in [0.29, 0.717) is 5.56 Å². The molecule has 1 aromatic carbocycles. The molecule has 0 spiro atoms. The van der Waals surface area contributed by atoms with Crippen LogP contribution in [-0.4, -0.2) is 39.8 Å². The second-order valence-electron chi connectivity index (χ2n) is 4.15. The van der Waals surface area contributed by atoms with E-state index in [0.717, 1.165) is 0 Å². The number of rotatable bonds is 7. The molecule has 0 aliphatic rings. The van der Waals surface area contributed by atoms with Crippen LogP contribution in [0.15, 0.2) is 24.3 Å². The zero-order chi connectivity index (χ0) is 15.8. The second-order valence-corrected chi connectivity index (χ2v) is 4.15. The molecular weight excluding hydrogens is 282 g/mol. The summed E-state index contributed by atoms with van der Waals surface area (Å²) in [7, 11) is 0. The van der Waals surface area contributed by atoms with Crippen LogP contribution in [-0.2, 0) is 11.3 Å². The van der Waals surface area contributed by atoms with Crippen molar-refractivity contribution >= 4 is 17.7 Å². The molecule has 1 rings (SSSR count). The van der Waals surface area contributed by atoms with Gasteiger partial charge in [-0.25, -0.2) is 9.59 Å². The number of benzene rings is 1. The van der Waals surface area contributed by atoms with Gasteiger partial charge in [-0.3, -0.25) is 10.1 Å². The Morgan fingerprint density at radius 3 is 2.38 bits per heavy atom. The molecule has 0 saturated heterocycles. The molecule has 0 fully saturated rings. The van der Waals surface area contributed by atoms with Crippen molar-refractivity contribution in [2.45, 2.75) is 19.0 Å². The number of carboxylic acids is 1. The first-order valence-corrected chi connectivity index (χ1v) is 6.05. The van der Waals surface area contributed by atoms with Gasteiger partial charge in [0.2, 0.25) is 0 Å². The topological polar surface area (TPSA) is 142 Å². The number of amides is 2. The molecule has 2 amide bonds. The van der Waals surface area contributed by atoms with Gasteiger partial charge in [0.25, 0.3) is 5.69 Å². The van der Waals surface area contributed by atoms with E-state index >= 15 is 0 Å². The van der Waals surface area contributed by atoms with Crippen molar-refractivity contribution in [2.24, 2.45) is 0 Å². The molecule has 0 radical (unpaired) electrons. The lowest BCUT2D eigenvalue weighted by atomic mass is 10.2. The maximum Gasteiger partial charge on any atom is 0.326 e. The number of carbonyl (C=O) groups is 2. The van der Waals surface area contributed by atoms with Gasteiger partial charge in [0, 0.05) is 31.7 Å². The van der Waals surface area contributed by atoms with Gasteiger partial charge in [-0.05, 0) is 5.56 Å². The maximum absolute atomic E-state index is 11.5. The summed E-state index contributed by atoms with van der Waals surface area (Å²) < 4.78 is 0. The van der Waals surface area contributed by atoms with Crippen molar-refractivity contribution in [1.29, 1.82) is 0 Å². The van der Waals surface area contributed by atoms with Gasteiger partial charge < -0.3 is 20.8 Å². The average molecular weight is 297 g/mol. The predicted molar refractivity (Wildman–Crippen MR) is 71.6 cm³/mol. The van der Waals surface area contributed by atoms with E-state index in [9.17, 15) is 19.7 Å². The van der Waals surface area contributed by atoms with Crippen LogP contribution >= 0.6 is 0 Å². The minimum absolute atomic E-state index is 0.0583. The molecule has 0 bridgehead atoms. The van der Waals surface area contributed by atoms with Crippen LogP contribution in [0.4, 0.5) is 10.5 Å². The quantitative estimate of drug-likeness (QED) is 0.419. The number of nitro groups is 1. The molecule has 0 aliphatic carbocycles. The summed E-state index contributed by atoms with van der Waals surface area (Å²) in [5.41, 5.74) is 0.571. The van der Waals surface area contributed by atoms with E-state index in [1.807, 2.05) is 0 Å². The third kappa shape index (κ3) is 5.45. The van der Waals surface area contributed by atoms with Gasteiger partial charge in [0.15, 0.2) is 0 Å². The number of hydrogen-bond donors (Lipinski definition) is 4. The van der Waals surface area contributed by atoms with Gasteiger partial charge in [-0.2, -0.15) is 0 Å². The molecular formula is C12H15N3O6. The summed E-state index contributed by atoms with van der Waals surface area (Å²) in [5, 5.41) is 32.6. The Morgan fingerprint density at radius 2 is 1.90 bits per heavy atom. The van der Waals surface area contributed by atoms with E-state index in [-0.39, 0.29) is 25.3 Å². The number of aliphatic hydroxyl groups excluding tert-OH is 1. The molecule has 0 heterocycles. The van der Waals surface area contributed by atoms with Crippen LogP contribution in [0.2, 0.25) is 0 Å². The maximum atomic E-state index is 11.5. The fourth-order valence-electron chi connectivity index (χ4n) is 1.51. The van der Waals surface area contributed by atoms with Gasteiger partial charge in [0.1, 0.15) is 6.04 Å². The van der Waals surface area contributed by atoms with Crippen molar-refractivity contribution in [3.05, 3.63) is 39.9 Å². The lowest BCUT2D eigenvalue weighted by Crippen LogP contribution is -2.46. The minimum Gasteiger partial charge on any atom is -0.480 e.